The number of carbonyl (C=O) groups is 1. The average Bonchev–Trinajstić information content (AvgIpc) is 2.95. The van der Waals surface area contributed by atoms with Gasteiger partial charge in [-0.25, -0.2) is 13.4 Å². The highest BCUT2D eigenvalue weighted by Gasteiger charge is 2.30. The lowest BCUT2D eigenvalue weighted by Gasteiger charge is -2.25. The van der Waals surface area contributed by atoms with Gasteiger partial charge in [0.2, 0.25) is 0 Å². The number of nitrogens with zero attached hydrogens (tertiary/aromatic N) is 2. The number of hydrogen-bond donors (Lipinski definition) is 1. The molecular formula is C17H19N3O3S. The highest BCUT2D eigenvalue weighted by Crippen LogP contribution is 2.22. The number of para-hydroxylation sites is 1. The molecule has 1 unspecified atom stereocenters. The lowest BCUT2D eigenvalue weighted by Crippen LogP contribution is -2.32. The van der Waals surface area contributed by atoms with Crippen molar-refractivity contribution in [3.63, 3.8) is 0 Å². The number of hydrogen-bond acceptors (Lipinski definition) is 5. The molecule has 126 valence electrons. The van der Waals surface area contributed by atoms with Gasteiger partial charge in [-0.3, -0.25) is 4.79 Å². The van der Waals surface area contributed by atoms with Crippen molar-refractivity contribution in [3.8, 4) is 0 Å². The zero-order valence-electron chi connectivity index (χ0n) is 13.3. The standard InChI is InChI=1S/C17H19N3O3S/c1-20(15-9-10-24(22,23)12-15)14-7-8-16(18-11-14)17(21)19-13-5-3-2-4-6-13/h2-8,11,15H,9-10,12H2,1H3,(H,19,21). The highest BCUT2D eigenvalue weighted by atomic mass is 32.2. The van der Waals surface area contributed by atoms with Crippen LogP contribution >= 0.6 is 0 Å². The van der Waals surface area contributed by atoms with Gasteiger partial charge in [0.25, 0.3) is 5.91 Å². The van der Waals surface area contributed by atoms with Crippen molar-refractivity contribution in [2.45, 2.75) is 12.5 Å². The monoisotopic (exact) mass is 345 g/mol. The van der Waals surface area contributed by atoms with Gasteiger partial charge >= 0.3 is 0 Å². The summed E-state index contributed by atoms with van der Waals surface area (Å²) in [5.41, 5.74) is 1.82. The van der Waals surface area contributed by atoms with Crippen LogP contribution in [0.3, 0.4) is 0 Å². The molecule has 1 aliphatic heterocycles. The molecule has 0 aliphatic carbocycles. The lowest BCUT2D eigenvalue weighted by molar-refractivity contribution is 0.102. The molecule has 0 bridgehead atoms. The zero-order chi connectivity index (χ0) is 17.2. The van der Waals surface area contributed by atoms with Gasteiger partial charge in [0, 0.05) is 18.8 Å². The van der Waals surface area contributed by atoms with E-state index in [9.17, 15) is 13.2 Å². The van der Waals surface area contributed by atoms with Gasteiger partial charge in [-0.2, -0.15) is 0 Å². The Bertz CT molecular complexity index is 820. The van der Waals surface area contributed by atoms with E-state index in [0.29, 0.717) is 17.8 Å². The first-order valence-corrected chi connectivity index (χ1v) is 9.52. The van der Waals surface area contributed by atoms with Crippen molar-refractivity contribution in [1.29, 1.82) is 0 Å². The smallest absolute Gasteiger partial charge is 0.274 e. The molecule has 1 amide bonds. The number of sulfone groups is 1. The van der Waals surface area contributed by atoms with E-state index in [1.807, 2.05) is 30.1 Å². The summed E-state index contributed by atoms with van der Waals surface area (Å²) in [7, 11) is -1.08. The Labute approximate surface area is 141 Å². The van der Waals surface area contributed by atoms with Gasteiger partial charge < -0.3 is 10.2 Å². The fourth-order valence-corrected chi connectivity index (χ4v) is 4.51. The molecule has 2 aromatic rings. The number of anilines is 2. The van der Waals surface area contributed by atoms with Crippen LogP contribution in [-0.2, 0) is 9.84 Å². The molecule has 1 aliphatic rings. The Balaban J connectivity index is 1.68. The van der Waals surface area contributed by atoms with Crippen LogP contribution in [0.4, 0.5) is 11.4 Å². The second-order valence-electron chi connectivity index (χ2n) is 5.89. The summed E-state index contributed by atoms with van der Waals surface area (Å²) in [4.78, 5) is 18.3. The molecule has 0 radical (unpaired) electrons. The molecule has 1 saturated heterocycles. The van der Waals surface area contributed by atoms with Gasteiger partial charge in [0.05, 0.1) is 23.4 Å². The van der Waals surface area contributed by atoms with Crippen molar-refractivity contribution in [3.05, 3.63) is 54.4 Å². The quantitative estimate of drug-likeness (QED) is 0.916. The molecular weight excluding hydrogens is 326 g/mol. The molecule has 3 rings (SSSR count). The Kier molecular flexibility index (Phi) is 4.53. The molecule has 7 heteroatoms. The molecule has 1 atom stereocenters. The van der Waals surface area contributed by atoms with Crippen LogP contribution < -0.4 is 10.2 Å². The fourth-order valence-electron chi connectivity index (χ4n) is 2.74. The van der Waals surface area contributed by atoms with Crippen molar-refractivity contribution < 1.29 is 13.2 Å². The minimum absolute atomic E-state index is 0.0409. The van der Waals surface area contributed by atoms with Gasteiger partial charge in [0.15, 0.2) is 9.84 Å². The second-order valence-corrected chi connectivity index (χ2v) is 8.12. The van der Waals surface area contributed by atoms with E-state index in [4.69, 9.17) is 0 Å². The Morgan fingerprint density at radius 1 is 1.21 bits per heavy atom. The van der Waals surface area contributed by atoms with E-state index in [1.165, 1.54) is 0 Å². The fraction of sp³-hybridized carbons (Fsp3) is 0.294. The van der Waals surface area contributed by atoms with Crippen LogP contribution in [0.1, 0.15) is 16.9 Å². The van der Waals surface area contributed by atoms with E-state index in [-0.39, 0.29) is 23.5 Å². The summed E-state index contributed by atoms with van der Waals surface area (Å²) in [6.45, 7) is 0. The second kappa shape index (κ2) is 6.60. The van der Waals surface area contributed by atoms with Crippen molar-refractivity contribution in [1.82, 2.24) is 4.98 Å². The maximum atomic E-state index is 12.2. The Morgan fingerprint density at radius 2 is 1.96 bits per heavy atom. The molecule has 2 heterocycles. The summed E-state index contributed by atoms with van der Waals surface area (Å²) in [5, 5.41) is 2.78. The van der Waals surface area contributed by atoms with Crippen molar-refractivity contribution in [2.75, 3.05) is 28.8 Å². The summed E-state index contributed by atoms with van der Waals surface area (Å²) in [5.74, 6) is 0.117. The SMILES string of the molecule is CN(c1ccc(C(=O)Nc2ccccc2)nc1)C1CCS(=O)(=O)C1. The predicted octanol–water partition coefficient (Wildman–Crippen LogP) is 1.96. The minimum atomic E-state index is -2.93. The number of nitrogens with one attached hydrogen (secondary N) is 1. The number of benzene rings is 1. The molecule has 1 aromatic carbocycles. The van der Waals surface area contributed by atoms with Crippen molar-refractivity contribution in [2.24, 2.45) is 0 Å². The topological polar surface area (TPSA) is 79.4 Å². The van der Waals surface area contributed by atoms with E-state index >= 15 is 0 Å². The van der Waals surface area contributed by atoms with Crippen LogP contribution in [-0.4, -0.2) is 43.9 Å². The number of amides is 1. The van der Waals surface area contributed by atoms with Gasteiger partial charge in [-0.15, -0.1) is 0 Å². The third-order valence-corrected chi connectivity index (χ3v) is 5.93. The Hall–Kier alpha value is -2.41. The summed E-state index contributed by atoms with van der Waals surface area (Å²) < 4.78 is 23.2. The van der Waals surface area contributed by atoms with E-state index in [0.717, 1.165) is 5.69 Å². The van der Waals surface area contributed by atoms with Crippen LogP contribution in [0.25, 0.3) is 0 Å². The van der Waals surface area contributed by atoms with Crippen molar-refractivity contribution >= 4 is 27.1 Å². The Morgan fingerprint density at radius 3 is 2.54 bits per heavy atom. The zero-order valence-corrected chi connectivity index (χ0v) is 14.2. The van der Waals surface area contributed by atoms with E-state index in [1.54, 1.807) is 30.5 Å². The molecule has 1 N–H and O–H groups in total. The number of pyridine rings is 1. The first-order chi connectivity index (χ1) is 11.4. The van der Waals surface area contributed by atoms with Crippen LogP contribution in [0.2, 0.25) is 0 Å². The predicted molar refractivity (Wildman–Crippen MR) is 94.1 cm³/mol. The van der Waals surface area contributed by atoms with Gasteiger partial charge in [-0.05, 0) is 30.7 Å². The molecule has 0 spiro atoms. The van der Waals surface area contributed by atoms with Crippen LogP contribution in [0.5, 0.6) is 0 Å². The third kappa shape index (κ3) is 3.73. The molecule has 6 nitrogen and oxygen atoms in total. The van der Waals surface area contributed by atoms with E-state index in [2.05, 4.69) is 10.3 Å². The summed E-state index contributed by atoms with van der Waals surface area (Å²) >= 11 is 0. The van der Waals surface area contributed by atoms with Gasteiger partial charge in [-0.1, -0.05) is 18.2 Å². The molecule has 1 aromatic heterocycles. The summed E-state index contributed by atoms with van der Waals surface area (Å²) in [6, 6.07) is 12.6. The summed E-state index contributed by atoms with van der Waals surface area (Å²) in [6.07, 6.45) is 2.22. The average molecular weight is 345 g/mol. The highest BCUT2D eigenvalue weighted by molar-refractivity contribution is 7.91. The maximum absolute atomic E-state index is 12.2. The van der Waals surface area contributed by atoms with Crippen LogP contribution in [0.15, 0.2) is 48.7 Å². The molecule has 24 heavy (non-hydrogen) atoms. The maximum Gasteiger partial charge on any atom is 0.274 e. The lowest BCUT2D eigenvalue weighted by atomic mass is 10.2. The number of rotatable bonds is 4. The largest absolute Gasteiger partial charge is 0.369 e. The van der Waals surface area contributed by atoms with Crippen LogP contribution in [0, 0.1) is 0 Å². The molecule has 0 saturated carbocycles. The first-order valence-electron chi connectivity index (χ1n) is 7.70. The molecule has 1 fully saturated rings. The van der Waals surface area contributed by atoms with E-state index < -0.39 is 9.84 Å². The normalized spacial score (nSPS) is 19.0. The van der Waals surface area contributed by atoms with Gasteiger partial charge in [0.1, 0.15) is 5.69 Å². The number of aromatic nitrogens is 1. The number of carbonyl (C=O) groups excluding carboxylic acids is 1. The third-order valence-electron chi connectivity index (χ3n) is 4.18. The first kappa shape index (κ1) is 16.4. The minimum Gasteiger partial charge on any atom is -0.369 e.